The number of hydrogen-bond acceptors (Lipinski definition) is 8. The number of carbonyl (C=O) groups is 2. The summed E-state index contributed by atoms with van der Waals surface area (Å²) in [4.78, 5) is 32.5. The molecular formula is C37H41N7O4S. The van der Waals surface area contributed by atoms with Gasteiger partial charge in [0.15, 0.2) is 0 Å². The van der Waals surface area contributed by atoms with Gasteiger partial charge in [0, 0.05) is 65.1 Å². The first kappa shape index (κ1) is 32.6. The Morgan fingerprint density at radius 1 is 1.04 bits per heavy atom. The quantitative estimate of drug-likeness (QED) is 0.203. The van der Waals surface area contributed by atoms with Crippen molar-refractivity contribution in [2.45, 2.75) is 71.5 Å². The first-order valence-corrected chi connectivity index (χ1v) is 17.3. The van der Waals surface area contributed by atoms with E-state index in [-0.39, 0.29) is 17.4 Å². The predicted molar refractivity (Wildman–Crippen MR) is 191 cm³/mol. The zero-order chi connectivity index (χ0) is 35.0. The molecule has 2 aromatic carbocycles. The van der Waals surface area contributed by atoms with Crippen LogP contribution in [-0.2, 0) is 23.6 Å². The average molecular weight is 680 g/mol. The number of amides is 2. The number of benzene rings is 2. The molecule has 0 atom stereocenters. The van der Waals surface area contributed by atoms with Crippen LogP contribution in [0.1, 0.15) is 71.7 Å². The monoisotopic (exact) mass is 679 g/mol. The van der Waals surface area contributed by atoms with Gasteiger partial charge in [-0.3, -0.25) is 10.00 Å². The Labute approximate surface area is 289 Å². The van der Waals surface area contributed by atoms with Gasteiger partial charge in [-0.1, -0.05) is 18.2 Å². The van der Waals surface area contributed by atoms with Crippen molar-refractivity contribution in [3.05, 3.63) is 54.0 Å². The molecule has 7 rings (SSSR count). The van der Waals surface area contributed by atoms with Gasteiger partial charge in [-0.25, -0.2) is 14.6 Å². The number of aryl methyl sites for hydroxylation is 1. The summed E-state index contributed by atoms with van der Waals surface area (Å²) in [6.07, 6.45) is 2.84. The van der Waals surface area contributed by atoms with Gasteiger partial charge in [-0.15, -0.1) is 11.3 Å². The SMILES string of the molecule is Cn1c(C2CC3(C2)CN(C(=O)OC(C)(C)C)C3)nc(-c2ccc3c(cnn3C)c2)c1-c1cccc2sc(NC(=O)OC(C)(C)C)c(C#N)c12. The Morgan fingerprint density at radius 2 is 1.76 bits per heavy atom. The maximum absolute atomic E-state index is 12.8. The summed E-state index contributed by atoms with van der Waals surface area (Å²) in [6, 6.07) is 14.6. The second-order valence-electron chi connectivity index (χ2n) is 15.4. The maximum Gasteiger partial charge on any atom is 0.412 e. The van der Waals surface area contributed by atoms with Crippen molar-refractivity contribution in [2.75, 3.05) is 18.4 Å². The topological polar surface area (TPSA) is 127 Å². The molecule has 0 unspecified atom stereocenters. The second kappa shape index (κ2) is 11.3. The van der Waals surface area contributed by atoms with E-state index in [2.05, 4.69) is 39.3 Å². The Kier molecular flexibility index (Phi) is 7.55. The molecular weight excluding hydrogens is 639 g/mol. The largest absolute Gasteiger partial charge is 0.444 e. The summed E-state index contributed by atoms with van der Waals surface area (Å²) in [5.41, 5.74) is 3.80. The van der Waals surface area contributed by atoms with Gasteiger partial charge in [-0.2, -0.15) is 10.4 Å². The molecule has 12 heteroatoms. The van der Waals surface area contributed by atoms with Crippen LogP contribution in [0.4, 0.5) is 14.6 Å². The van der Waals surface area contributed by atoms with E-state index in [1.807, 2.05) is 63.9 Å². The number of anilines is 1. The predicted octanol–water partition coefficient (Wildman–Crippen LogP) is 8.19. The zero-order valence-electron chi connectivity index (χ0n) is 29.2. The van der Waals surface area contributed by atoms with Crippen LogP contribution in [0.3, 0.4) is 0 Å². The summed E-state index contributed by atoms with van der Waals surface area (Å²) in [7, 11) is 3.96. The number of likely N-dealkylation sites (tertiary alicyclic amines) is 1. The Bertz CT molecular complexity index is 2180. The lowest BCUT2D eigenvalue weighted by Gasteiger charge is -2.58. The van der Waals surface area contributed by atoms with E-state index in [1.165, 1.54) is 11.3 Å². The third-order valence-corrected chi connectivity index (χ3v) is 10.3. The third kappa shape index (κ3) is 5.90. The molecule has 3 aromatic heterocycles. The number of imidazole rings is 1. The van der Waals surface area contributed by atoms with Crippen LogP contribution in [0.2, 0.25) is 0 Å². The number of rotatable bonds is 4. The highest BCUT2D eigenvalue weighted by molar-refractivity contribution is 7.23. The standard InChI is InChI=1S/C37H41N7O4S/c1-35(2,3)47-33(45)41-32-25(17-38)28-24(10-9-11-27(28)49-32)30-29(21-12-13-26-22(14-21)18-39-43(26)8)40-31(42(30)7)23-15-37(16-23)19-44(20-37)34(46)48-36(4,5)6/h9-14,18,23H,15-16,19-20H2,1-8H3,(H,41,45). The lowest BCUT2D eigenvalue weighted by Crippen LogP contribution is -2.63. The van der Waals surface area contributed by atoms with Gasteiger partial charge in [0.2, 0.25) is 0 Å². The Balaban J connectivity index is 1.28. The molecule has 254 valence electrons. The number of nitrogens with one attached hydrogen (secondary N) is 1. The van der Waals surface area contributed by atoms with Gasteiger partial charge >= 0.3 is 12.2 Å². The summed E-state index contributed by atoms with van der Waals surface area (Å²) in [5.74, 6) is 1.18. The first-order valence-electron chi connectivity index (χ1n) is 16.5. The average Bonchev–Trinajstić information content (AvgIpc) is 3.61. The maximum atomic E-state index is 12.8. The van der Waals surface area contributed by atoms with E-state index in [0.29, 0.717) is 23.7 Å². The van der Waals surface area contributed by atoms with Crippen molar-refractivity contribution in [1.82, 2.24) is 24.2 Å². The van der Waals surface area contributed by atoms with E-state index in [9.17, 15) is 14.9 Å². The molecule has 1 saturated heterocycles. The highest BCUT2D eigenvalue weighted by Crippen LogP contribution is 2.57. The molecule has 2 fully saturated rings. The van der Waals surface area contributed by atoms with E-state index < -0.39 is 17.3 Å². The van der Waals surface area contributed by atoms with Gasteiger partial charge in [-0.05, 0) is 72.6 Å². The Hall–Kier alpha value is -4.89. The van der Waals surface area contributed by atoms with Crippen LogP contribution in [-0.4, -0.2) is 60.7 Å². The number of ether oxygens (including phenoxy) is 2. The molecule has 1 aliphatic heterocycles. The molecule has 4 heterocycles. The van der Waals surface area contributed by atoms with E-state index in [0.717, 1.165) is 62.2 Å². The highest BCUT2D eigenvalue weighted by Gasteiger charge is 2.55. The van der Waals surface area contributed by atoms with Gasteiger partial charge in [0.05, 0.1) is 28.7 Å². The molecule has 1 N–H and O–H groups in total. The van der Waals surface area contributed by atoms with Gasteiger partial charge < -0.3 is 18.9 Å². The van der Waals surface area contributed by atoms with Crippen molar-refractivity contribution in [3.63, 3.8) is 0 Å². The molecule has 0 bridgehead atoms. The van der Waals surface area contributed by atoms with Crippen molar-refractivity contribution >= 4 is 49.5 Å². The van der Waals surface area contributed by atoms with E-state index in [1.54, 1.807) is 25.7 Å². The molecule has 0 radical (unpaired) electrons. The fourth-order valence-corrected chi connectivity index (χ4v) is 8.35. The lowest BCUT2D eigenvalue weighted by atomic mass is 9.57. The lowest BCUT2D eigenvalue weighted by molar-refractivity contribution is -0.0800. The van der Waals surface area contributed by atoms with E-state index >= 15 is 0 Å². The minimum Gasteiger partial charge on any atom is -0.444 e. The van der Waals surface area contributed by atoms with Gasteiger partial charge in [0.1, 0.15) is 28.1 Å². The van der Waals surface area contributed by atoms with Crippen LogP contribution in [0.15, 0.2) is 42.6 Å². The molecule has 1 spiro atoms. The van der Waals surface area contributed by atoms with Gasteiger partial charge in [0.25, 0.3) is 0 Å². The number of nitrogens with zero attached hydrogens (tertiary/aromatic N) is 6. The van der Waals surface area contributed by atoms with Crippen LogP contribution in [0, 0.1) is 16.7 Å². The summed E-state index contributed by atoms with van der Waals surface area (Å²) in [5, 5.41) is 19.9. The number of carbonyl (C=O) groups excluding carboxylic acids is 2. The molecule has 1 aliphatic carbocycles. The smallest absolute Gasteiger partial charge is 0.412 e. The summed E-state index contributed by atoms with van der Waals surface area (Å²) in [6.45, 7) is 12.4. The Morgan fingerprint density at radius 3 is 2.43 bits per heavy atom. The number of fused-ring (bicyclic) bond motifs is 2. The minimum absolute atomic E-state index is 0.0754. The van der Waals surface area contributed by atoms with Crippen molar-refractivity contribution < 1.29 is 19.1 Å². The van der Waals surface area contributed by atoms with Crippen molar-refractivity contribution in [3.8, 4) is 28.6 Å². The third-order valence-electron chi connectivity index (χ3n) is 9.27. The number of hydrogen-bond donors (Lipinski definition) is 1. The second-order valence-corrected chi connectivity index (χ2v) is 16.5. The molecule has 1 saturated carbocycles. The summed E-state index contributed by atoms with van der Waals surface area (Å²) < 4.78 is 16.0. The fourth-order valence-electron chi connectivity index (χ4n) is 7.28. The molecule has 2 aliphatic rings. The molecule has 49 heavy (non-hydrogen) atoms. The van der Waals surface area contributed by atoms with Crippen LogP contribution in [0.5, 0.6) is 0 Å². The number of nitriles is 1. The highest BCUT2D eigenvalue weighted by atomic mass is 32.1. The minimum atomic E-state index is -0.679. The van der Waals surface area contributed by atoms with Crippen LogP contribution < -0.4 is 5.32 Å². The van der Waals surface area contributed by atoms with Crippen molar-refractivity contribution in [1.29, 1.82) is 5.26 Å². The van der Waals surface area contributed by atoms with E-state index in [4.69, 9.17) is 14.5 Å². The summed E-state index contributed by atoms with van der Waals surface area (Å²) >= 11 is 1.35. The number of thiophene rings is 1. The molecule has 5 aromatic rings. The van der Waals surface area contributed by atoms with Crippen LogP contribution in [0.25, 0.3) is 43.5 Å². The van der Waals surface area contributed by atoms with Crippen molar-refractivity contribution in [2.24, 2.45) is 19.5 Å². The first-order chi connectivity index (χ1) is 23.0. The van der Waals surface area contributed by atoms with Crippen LogP contribution >= 0.6 is 11.3 Å². The molecule has 2 amide bonds. The fraction of sp³-hybridized carbons (Fsp3) is 0.432. The normalized spacial score (nSPS) is 16.0. The zero-order valence-corrected chi connectivity index (χ0v) is 30.0. The molecule has 11 nitrogen and oxygen atoms in total. The number of aromatic nitrogens is 4.